The van der Waals surface area contributed by atoms with Gasteiger partial charge < -0.3 is 15.2 Å². The molecule has 2 rings (SSSR count). The Hall–Kier alpha value is -1.43. The summed E-state index contributed by atoms with van der Waals surface area (Å²) in [6.07, 6.45) is 0.793. The largest absolute Gasteiger partial charge is 0.497 e. The van der Waals surface area contributed by atoms with Crippen molar-refractivity contribution in [2.24, 2.45) is 5.73 Å². The molecule has 21 heavy (non-hydrogen) atoms. The lowest BCUT2D eigenvalue weighted by Gasteiger charge is -2.17. The summed E-state index contributed by atoms with van der Waals surface area (Å²) in [5, 5.41) is 1.06. The van der Waals surface area contributed by atoms with Crippen molar-refractivity contribution in [1.29, 1.82) is 0 Å². The number of nitrogens with two attached hydrogens (primary N) is 1. The summed E-state index contributed by atoms with van der Waals surface area (Å²) in [5.41, 5.74) is 7.98. The van der Waals surface area contributed by atoms with Gasteiger partial charge in [0.05, 0.1) is 24.4 Å². The molecule has 0 aliphatic heterocycles. The van der Waals surface area contributed by atoms with Crippen LogP contribution >= 0.6 is 11.3 Å². The number of aromatic nitrogens is 1. The summed E-state index contributed by atoms with van der Waals surface area (Å²) in [6.45, 7) is 4.49. The van der Waals surface area contributed by atoms with Crippen molar-refractivity contribution >= 4 is 11.3 Å². The van der Waals surface area contributed by atoms with Crippen molar-refractivity contribution in [2.75, 3.05) is 14.2 Å². The van der Waals surface area contributed by atoms with Crippen LogP contribution in [0, 0.1) is 0 Å². The molecule has 2 N–H and O–H groups in total. The van der Waals surface area contributed by atoms with Crippen LogP contribution in [0.3, 0.4) is 0 Å². The fraction of sp³-hybridized carbons (Fsp3) is 0.438. The fourth-order valence-corrected chi connectivity index (χ4v) is 3.25. The summed E-state index contributed by atoms with van der Waals surface area (Å²) in [7, 11) is 3.35. The molecule has 0 saturated carbocycles. The highest BCUT2D eigenvalue weighted by atomic mass is 32.1. The maximum atomic E-state index is 6.23. The van der Waals surface area contributed by atoms with E-state index in [0.29, 0.717) is 6.61 Å². The van der Waals surface area contributed by atoms with Gasteiger partial charge >= 0.3 is 0 Å². The predicted molar refractivity (Wildman–Crippen MR) is 85.8 cm³/mol. The smallest absolute Gasteiger partial charge is 0.118 e. The minimum Gasteiger partial charge on any atom is -0.497 e. The molecule has 1 aromatic heterocycles. The van der Waals surface area contributed by atoms with Gasteiger partial charge in [-0.25, -0.2) is 4.98 Å². The third-order valence-corrected chi connectivity index (χ3v) is 4.56. The molecule has 0 aliphatic carbocycles. The van der Waals surface area contributed by atoms with Crippen LogP contribution in [0.25, 0.3) is 0 Å². The van der Waals surface area contributed by atoms with Crippen LogP contribution in [0.5, 0.6) is 5.75 Å². The van der Waals surface area contributed by atoms with Crippen LogP contribution in [-0.2, 0) is 23.3 Å². The van der Waals surface area contributed by atoms with Gasteiger partial charge in [0.2, 0.25) is 0 Å². The molecule has 0 radical (unpaired) electrons. The van der Waals surface area contributed by atoms with E-state index in [-0.39, 0.29) is 0 Å². The van der Waals surface area contributed by atoms with E-state index in [0.717, 1.165) is 27.7 Å². The molecule has 0 aliphatic rings. The lowest BCUT2D eigenvalue weighted by atomic mass is 10.0. The first-order chi connectivity index (χ1) is 9.94. The molecule has 4 nitrogen and oxygen atoms in total. The van der Waals surface area contributed by atoms with Crippen molar-refractivity contribution in [3.05, 3.63) is 45.4 Å². The second-order valence-corrected chi connectivity index (χ2v) is 6.65. The number of benzene rings is 1. The van der Waals surface area contributed by atoms with E-state index < -0.39 is 5.54 Å². The Labute approximate surface area is 129 Å². The molecule has 0 bridgehead atoms. The SMILES string of the molecule is COCc1nc(Cc2ccc(OC)cc2)sc1C(C)(C)N. The molecule has 0 atom stereocenters. The molecular formula is C16H22N2O2S. The Morgan fingerprint density at radius 3 is 2.38 bits per heavy atom. The third kappa shape index (κ3) is 4.03. The average Bonchev–Trinajstić information content (AvgIpc) is 2.83. The molecule has 1 aromatic carbocycles. The van der Waals surface area contributed by atoms with Crippen molar-refractivity contribution in [1.82, 2.24) is 4.98 Å². The lowest BCUT2D eigenvalue weighted by Crippen LogP contribution is -2.28. The van der Waals surface area contributed by atoms with Crippen LogP contribution in [0.4, 0.5) is 0 Å². The first-order valence-corrected chi connectivity index (χ1v) is 7.65. The van der Waals surface area contributed by atoms with Gasteiger partial charge in [-0.15, -0.1) is 11.3 Å². The van der Waals surface area contributed by atoms with Crippen LogP contribution in [0.1, 0.15) is 35.0 Å². The number of ether oxygens (including phenoxy) is 2. The van der Waals surface area contributed by atoms with E-state index in [9.17, 15) is 0 Å². The second-order valence-electron chi connectivity index (χ2n) is 5.56. The maximum Gasteiger partial charge on any atom is 0.118 e. The number of hydrogen-bond acceptors (Lipinski definition) is 5. The second kappa shape index (κ2) is 6.56. The minimum absolute atomic E-state index is 0.399. The number of nitrogens with zero attached hydrogens (tertiary/aromatic N) is 1. The van der Waals surface area contributed by atoms with E-state index >= 15 is 0 Å². The van der Waals surface area contributed by atoms with Crippen LogP contribution < -0.4 is 10.5 Å². The van der Waals surface area contributed by atoms with Gasteiger partial charge in [0.15, 0.2) is 0 Å². The molecule has 5 heteroatoms. The van der Waals surface area contributed by atoms with Gasteiger partial charge in [0.25, 0.3) is 0 Å². The normalized spacial score (nSPS) is 11.7. The summed E-state index contributed by atoms with van der Waals surface area (Å²) >= 11 is 1.66. The number of rotatable bonds is 6. The van der Waals surface area contributed by atoms with Crippen molar-refractivity contribution in [3.63, 3.8) is 0 Å². The lowest BCUT2D eigenvalue weighted by molar-refractivity contribution is 0.180. The first-order valence-electron chi connectivity index (χ1n) is 6.84. The molecule has 114 valence electrons. The van der Waals surface area contributed by atoms with Gasteiger partial charge in [-0.2, -0.15) is 0 Å². The zero-order chi connectivity index (χ0) is 15.5. The highest BCUT2D eigenvalue weighted by Crippen LogP contribution is 2.30. The molecule has 1 heterocycles. The van der Waals surface area contributed by atoms with E-state index in [1.54, 1.807) is 25.6 Å². The Bertz CT molecular complexity index is 585. The Morgan fingerprint density at radius 1 is 1.19 bits per heavy atom. The van der Waals surface area contributed by atoms with E-state index in [1.165, 1.54) is 5.56 Å². The van der Waals surface area contributed by atoms with Crippen molar-refractivity contribution < 1.29 is 9.47 Å². The van der Waals surface area contributed by atoms with Gasteiger partial charge in [-0.05, 0) is 31.5 Å². The fourth-order valence-electron chi connectivity index (χ4n) is 2.13. The maximum absolute atomic E-state index is 6.23. The summed E-state index contributed by atoms with van der Waals surface area (Å²) in [4.78, 5) is 5.78. The highest BCUT2D eigenvalue weighted by molar-refractivity contribution is 7.11. The molecule has 0 amide bonds. The van der Waals surface area contributed by atoms with Gasteiger partial charge in [-0.3, -0.25) is 0 Å². The molecule has 2 aromatic rings. The molecular weight excluding hydrogens is 284 g/mol. The molecule has 0 spiro atoms. The Balaban J connectivity index is 2.23. The summed E-state index contributed by atoms with van der Waals surface area (Å²) in [5.74, 6) is 0.863. The highest BCUT2D eigenvalue weighted by Gasteiger charge is 2.23. The quantitative estimate of drug-likeness (QED) is 0.891. The van der Waals surface area contributed by atoms with Gasteiger partial charge in [-0.1, -0.05) is 12.1 Å². The summed E-state index contributed by atoms with van der Waals surface area (Å²) in [6, 6.07) is 8.05. The zero-order valence-corrected chi connectivity index (χ0v) is 13.8. The Morgan fingerprint density at radius 2 is 1.86 bits per heavy atom. The topological polar surface area (TPSA) is 57.4 Å². The molecule has 0 unspecified atom stereocenters. The van der Waals surface area contributed by atoms with Gasteiger partial charge in [0.1, 0.15) is 5.75 Å². The zero-order valence-electron chi connectivity index (χ0n) is 13.0. The monoisotopic (exact) mass is 306 g/mol. The van der Waals surface area contributed by atoms with Gasteiger partial charge in [0, 0.05) is 23.9 Å². The van der Waals surface area contributed by atoms with E-state index in [1.807, 2.05) is 26.0 Å². The predicted octanol–water partition coefficient (Wildman–Crippen LogP) is 3.08. The third-order valence-electron chi connectivity index (χ3n) is 3.12. The molecule has 0 fully saturated rings. The van der Waals surface area contributed by atoms with Crippen molar-refractivity contribution in [2.45, 2.75) is 32.4 Å². The average molecular weight is 306 g/mol. The van der Waals surface area contributed by atoms with Crippen molar-refractivity contribution in [3.8, 4) is 5.75 Å². The standard InChI is InChI=1S/C16H22N2O2S/c1-16(2,17)15-13(10-19-3)18-14(21-15)9-11-5-7-12(20-4)8-6-11/h5-8H,9-10,17H2,1-4H3. The van der Waals surface area contributed by atoms with Crippen LogP contribution in [0.15, 0.2) is 24.3 Å². The minimum atomic E-state index is -0.399. The number of hydrogen-bond donors (Lipinski definition) is 1. The summed E-state index contributed by atoms with van der Waals surface area (Å²) < 4.78 is 10.4. The van der Waals surface area contributed by atoms with Crippen LogP contribution in [-0.4, -0.2) is 19.2 Å². The van der Waals surface area contributed by atoms with Crippen LogP contribution in [0.2, 0.25) is 0 Å². The number of methoxy groups -OCH3 is 2. The number of thiazole rings is 1. The molecule has 0 saturated heterocycles. The van der Waals surface area contributed by atoms with E-state index in [4.69, 9.17) is 15.2 Å². The Kier molecular flexibility index (Phi) is 4.98. The first kappa shape index (κ1) is 15.9. The van der Waals surface area contributed by atoms with E-state index in [2.05, 4.69) is 17.1 Å².